The summed E-state index contributed by atoms with van der Waals surface area (Å²) >= 11 is 7.02. The van der Waals surface area contributed by atoms with Crippen LogP contribution in [0.2, 0.25) is 0 Å². The van der Waals surface area contributed by atoms with Crippen LogP contribution in [0.5, 0.6) is 0 Å². The van der Waals surface area contributed by atoms with Crippen LogP contribution in [0.15, 0.2) is 51.7 Å². The molecule has 1 atom stereocenters. The lowest BCUT2D eigenvalue weighted by Gasteiger charge is -2.36. The Bertz CT molecular complexity index is 847. The van der Waals surface area contributed by atoms with Crippen LogP contribution in [0.4, 0.5) is 5.69 Å². The van der Waals surface area contributed by atoms with E-state index in [-0.39, 0.29) is 6.04 Å². The standard InChI is InChI=1S/C19H25Br2N3O2S/c1-4-12-23(6-3)27(25,26)24(19-13-16(20)9-10-17(19)21)18(5-2)15-8-7-11-22-14-15/h7-11,13-14,18H,4-6,12H2,1-3H3. The molecule has 1 heterocycles. The molecule has 5 nitrogen and oxygen atoms in total. The Morgan fingerprint density at radius 3 is 2.44 bits per heavy atom. The average Bonchev–Trinajstić information content (AvgIpc) is 2.66. The molecule has 0 spiro atoms. The fourth-order valence-electron chi connectivity index (χ4n) is 3.03. The van der Waals surface area contributed by atoms with Gasteiger partial charge in [0.25, 0.3) is 0 Å². The zero-order chi connectivity index (χ0) is 20.0. The van der Waals surface area contributed by atoms with Gasteiger partial charge in [0.05, 0.1) is 11.7 Å². The number of benzene rings is 1. The number of hydrogen-bond donors (Lipinski definition) is 0. The van der Waals surface area contributed by atoms with Crippen LogP contribution < -0.4 is 4.31 Å². The van der Waals surface area contributed by atoms with Crippen molar-refractivity contribution in [2.75, 3.05) is 17.4 Å². The molecule has 1 unspecified atom stereocenters. The Morgan fingerprint density at radius 2 is 1.89 bits per heavy atom. The monoisotopic (exact) mass is 517 g/mol. The number of aromatic nitrogens is 1. The van der Waals surface area contributed by atoms with Gasteiger partial charge in [-0.15, -0.1) is 0 Å². The first-order valence-electron chi connectivity index (χ1n) is 9.01. The van der Waals surface area contributed by atoms with Crippen molar-refractivity contribution in [2.24, 2.45) is 0 Å². The Morgan fingerprint density at radius 1 is 1.15 bits per heavy atom. The quantitative estimate of drug-likeness (QED) is 0.437. The second-order valence-electron chi connectivity index (χ2n) is 6.10. The van der Waals surface area contributed by atoms with Gasteiger partial charge in [0.1, 0.15) is 0 Å². The van der Waals surface area contributed by atoms with Crippen molar-refractivity contribution in [3.8, 4) is 0 Å². The molecule has 0 fully saturated rings. The van der Waals surface area contributed by atoms with Crippen molar-refractivity contribution in [1.29, 1.82) is 0 Å². The Labute approximate surface area is 179 Å². The summed E-state index contributed by atoms with van der Waals surface area (Å²) in [5.41, 5.74) is 1.47. The maximum Gasteiger partial charge on any atom is 0.304 e. The van der Waals surface area contributed by atoms with Crippen LogP contribution in [0.25, 0.3) is 0 Å². The molecule has 27 heavy (non-hydrogen) atoms. The molecule has 0 aliphatic rings. The molecule has 0 N–H and O–H groups in total. The van der Waals surface area contributed by atoms with Crippen molar-refractivity contribution < 1.29 is 8.42 Å². The van der Waals surface area contributed by atoms with E-state index in [1.807, 2.05) is 51.1 Å². The van der Waals surface area contributed by atoms with Gasteiger partial charge >= 0.3 is 10.2 Å². The molecule has 0 saturated heterocycles. The van der Waals surface area contributed by atoms with Gasteiger partial charge in [0, 0.05) is 34.4 Å². The number of halogens is 2. The van der Waals surface area contributed by atoms with Gasteiger partial charge in [-0.2, -0.15) is 12.7 Å². The number of hydrogen-bond acceptors (Lipinski definition) is 3. The topological polar surface area (TPSA) is 53.5 Å². The van der Waals surface area contributed by atoms with Crippen LogP contribution in [0.3, 0.4) is 0 Å². The van der Waals surface area contributed by atoms with E-state index in [1.54, 1.807) is 12.4 Å². The van der Waals surface area contributed by atoms with E-state index in [4.69, 9.17) is 0 Å². The maximum atomic E-state index is 13.7. The fourth-order valence-corrected chi connectivity index (χ4v) is 5.91. The predicted molar refractivity (Wildman–Crippen MR) is 118 cm³/mol. The number of rotatable bonds is 9. The second-order valence-corrected chi connectivity index (χ2v) is 9.68. The van der Waals surface area contributed by atoms with Gasteiger partial charge in [-0.05, 0) is 58.6 Å². The van der Waals surface area contributed by atoms with E-state index in [0.29, 0.717) is 25.2 Å². The first-order valence-corrected chi connectivity index (χ1v) is 12.0. The summed E-state index contributed by atoms with van der Waals surface area (Å²) in [5.74, 6) is 0. The van der Waals surface area contributed by atoms with E-state index in [0.717, 1.165) is 20.9 Å². The third-order valence-corrected chi connectivity index (χ3v) is 7.49. The number of anilines is 1. The molecule has 0 aliphatic carbocycles. The van der Waals surface area contributed by atoms with E-state index < -0.39 is 10.2 Å². The van der Waals surface area contributed by atoms with Crippen LogP contribution in [-0.2, 0) is 10.2 Å². The lowest BCUT2D eigenvalue weighted by molar-refractivity contribution is 0.419. The molecule has 0 bridgehead atoms. The van der Waals surface area contributed by atoms with E-state index in [1.165, 1.54) is 8.61 Å². The largest absolute Gasteiger partial charge is 0.304 e. The lowest BCUT2D eigenvalue weighted by Crippen LogP contribution is -2.46. The van der Waals surface area contributed by atoms with Crippen molar-refractivity contribution in [3.63, 3.8) is 0 Å². The van der Waals surface area contributed by atoms with Crippen molar-refractivity contribution in [3.05, 3.63) is 57.2 Å². The zero-order valence-electron chi connectivity index (χ0n) is 15.8. The summed E-state index contributed by atoms with van der Waals surface area (Å²) in [6.45, 7) is 6.73. The molecule has 0 saturated carbocycles. The molecule has 2 aromatic rings. The summed E-state index contributed by atoms with van der Waals surface area (Å²) in [4.78, 5) is 4.20. The molecule has 148 valence electrons. The minimum atomic E-state index is -3.74. The van der Waals surface area contributed by atoms with E-state index in [9.17, 15) is 8.42 Å². The molecular formula is C19H25Br2N3O2S. The number of pyridine rings is 1. The highest BCUT2D eigenvalue weighted by Gasteiger charge is 2.35. The van der Waals surface area contributed by atoms with Gasteiger partial charge in [0.2, 0.25) is 0 Å². The second kappa shape index (κ2) is 10.0. The summed E-state index contributed by atoms with van der Waals surface area (Å²) in [7, 11) is -3.74. The third kappa shape index (κ3) is 5.10. The smallest absolute Gasteiger partial charge is 0.264 e. The van der Waals surface area contributed by atoms with Crippen LogP contribution in [0.1, 0.15) is 45.2 Å². The fraction of sp³-hybridized carbons (Fsp3) is 0.421. The first kappa shape index (κ1) is 22.3. The van der Waals surface area contributed by atoms with E-state index >= 15 is 0 Å². The molecule has 0 aliphatic heterocycles. The van der Waals surface area contributed by atoms with Crippen LogP contribution in [-0.4, -0.2) is 30.8 Å². The van der Waals surface area contributed by atoms with Crippen molar-refractivity contribution >= 4 is 47.8 Å². The highest BCUT2D eigenvalue weighted by Crippen LogP contribution is 2.39. The van der Waals surface area contributed by atoms with Gasteiger partial charge in [-0.25, -0.2) is 4.31 Å². The normalized spacial score (nSPS) is 13.0. The first-order chi connectivity index (χ1) is 12.9. The molecule has 2 rings (SSSR count). The third-order valence-electron chi connectivity index (χ3n) is 4.29. The summed E-state index contributed by atoms with van der Waals surface area (Å²) in [6, 6.07) is 8.97. The summed E-state index contributed by atoms with van der Waals surface area (Å²) < 4.78 is 32.0. The molecule has 0 radical (unpaired) electrons. The lowest BCUT2D eigenvalue weighted by atomic mass is 10.1. The molecule has 0 amide bonds. The maximum absolute atomic E-state index is 13.7. The Balaban J connectivity index is 2.70. The van der Waals surface area contributed by atoms with Crippen molar-refractivity contribution in [2.45, 2.75) is 39.7 Å². The van der Waals surface area contributed by atoms with Gasteiger partial charge in [0.15, 0.2) is 0 Å². The average molecular weight is 519 g/mol. The predicted octanol–water partition coefficient (Wildman–Crippen LogP) is 5.54. The minimum absolute atomic E-state index is 0.361. The van der Waals surface area contributed by atoms with Crippen LogP contribution >= 0.6 is 31.9 Å². The van der Waals surface area contributed by atoms with Gasteiger partial charge in [-0.3, -0.25) is 4.98 Å². The van der Waals surface area contributed by atoms with Gasteiger partial charge < -0.3 is 0 Å². The Hall–Kier alpha value is -0.960. The molecule has 8 heteroatoms. The highest BCUT2D eigenvalue weighted by molar-refractivity contribution is 9.11. The zero-order valence-corrected chi connectivity index (χ0v) is 19.8. The minimum Gasteiger partial charge on any atom is -0.264 e. The number of nitrogens with zero attached hydrogens (tertiary/aromatic N) is 3. The summed E-state index contributed by atoms with van der Waals surface area (Å²) in [6.07, 6.45) is 4.80. The van der Waals surface area contributed by atoms with E-state index in [2.05, 4.69) is 36.8 Å². The summed E-state index contributed by atoms with van der Waals surface area (Å²) in [5, 5.41) is 0. The van der Waals surface area contributed by atoms with Crippen molar-refractivity contribution in [1.82, 2.24) is 9.29 Å². The van der Waals surface area contributed by atoms with Crippen LogP contribution in [0, 0.1) is 0 Å². The Kier molecular flexibility index (Phi) is 8.27. The molecule has 1 aromatic heterocycles. The van der Waals surface area contributed by atoms with Gasteiger partial charge in [-0.1, -0.05) is 42.8 Å². The molecule has 1 aromatic carbocycles. The molecular weight excluding hydrogens is 494 g/mol. The highest BCUT2D eigenvalue weighted by atomic mass is 79.9. The SMILES string of the molecule is CCCN(CC)S(=O)(=O)N(c1cc(Br)ccc1Br)C(CC)c1cccnc1.